The van der Waals surface area contributed by atoms with Crippen molar-refractivity contribution in [3.8, 4) is 0 Å². The minimum atomic E-state index is -1.05. The molecule has 4 heteroatoms. The second-order valence-electron chi connectivity index (χ2n) is 5.17. The van der Waals surface area contributed by atoms with E-state index in [9.17, 15) is 4.79 Å². The van der Waals surface area contributed by atoms with E-state index in [0.717, 1.165) is 12.1 Å². The normalized spacial score (nSPS) is 12.1. The van der Waals surface area contributed by atoms with Gasteiger partial charge >= 0.3 is 5.97 Å². The molecule has 0 fully saturated rings. The van der Waals surface area contributed by atoms with Crippen molar-refractivity contribution in [2.75, 3.05) is 5.32 Å². The fourth-order valence-corrected chi connectivity index (χ4v) is 2.17. The van der Waals surface area contributed by atoms with E-state index >= 15 is 0 Å². The van der Waals surface area contributed by atoms with Crippen LogP contribution in [0.4, 0.5) is 5.69 Å². The maximum absolute atomic E-state index is 10.8. The highest BCUT2D eigenvalue weighted by atomic mass is 16.4. The van der Waals surface area contributed by atoms with E-state index in [0.29, 0.717) is 5.76 Å². The Morgan fingerprint density at radius 1 is 1.24 bits per heavy atom. The molecule has 2 N–H and O–H groups in total. The molecule has 0 radical (unpaired) electrons. The van der Waals surface area contributed by atoms with E-state index in [1.165, 1.54) is 24.5 Å². The van der Waals surface area contributed by atoms with Crippen molar-refractivity contribution >= 4 is 11.7 Å². The summed E-state index contributed by atoms with van der Waals surface area (Å²) >= 11 is 0. The second kappa shape index (κ2) is 6.97. The van der Waals surface area contributed by atoms with Crippen LogP contribution in [0, 0.1) is 0 Å². The molecule has 2 aromatic rings. The molecule has 0 saturated carbocycles. The number of aromatic carboxylic acids is 1. The summed E-state index contributed by atoms with van der Waals surface area (Å²) in [6.07, 6.45) is 3.50. The summed E-state index contributed by atoms with van der Waals surface area (Å²) < 4.78 is 5.29. The van der Waals surface area contributed by atoms with Gasteiger partial charge in [-0.05, 0) is 49.6 Å². The molecule has 0 saturated heterocycles. The number of rotatable bonds is 7. The van der Waals surface area contributed by atoms with Gasteiger partial charge in [-0.2, -0.15) is 0 Å². The fourth-order valence-electron chi connectivity index (χ4n) is 2.17. The van der Waals surface area contributed by atoms with Crippen LogP contribution in [0.1, 0.15) is 54.6 Å². The van der Waals surface area contributed by atoms with Crippen molar-refractivity contribution in [3.05, 3.63) is 53.5 Å². The Morgan fingerprint density at radius 3 is 2.52 bits per heavy atom. The zero-order chi connectivity index (χ0) is 15.2. The Kier molecular flexibility index (Phi) is 5.04. The zero-order valence-electron chi connectivity index (χ0n) is 12.4. The van der Waals surface area contributed by atoms with Gasteiger partial charge in [0.15, 0.2) is 0 Å². The quantitative estimate of drug-likeness (QED) is 0.787. The fraction of sp³-hybridized carbons (Fsp3) is 0.353. The molecule has 1 atom stereocenters. The third kappa shape index (κ3) is 4.12. The smallest absolute Gasteiger partial charge is 0.371 e. The molecule has 1 aromatic heterocycles. The first-order valence-corrected chi connectivity index (χ1v) is 7.28. The number of anilines is 1. The van der Waals surface area contributed by atoms with Crippen LogP contribution < -0.4 is 5.32 Å². The molecule has 0 spiro atoms. The zero-order valence-corrected chi connectivity index (χ0v) is 12.4. The molecule has 1 aromatic carbocycles. The first-order chi connectivity index (χ1) is 10.1. The number of nitrogens with one attached hydrogen (secondary N) is 1. The van der Waals surface area contributed by atoms with Gasteiger partial charge < -0.3 is 14.8 Å². The molecule has 2 rings (SSSR count). The lowest BCUT2D eigenvalue weighted by atomic mass is 10.1. The summed E-state index contributed by atoms with van der Waals surface area (Å²) in [4.78, 5) is 10.8. The standard InChI is InChI=1S/C17H21NO3/c1-3-4-5-13-6-8-14(9-7-13)18-12(2)15-10-11-16(21-15)17(19)20/h6-12,18H,3-5H2,1-2H3,(H,19,20). The molecule has 0 amide bonds. The lowest BCUT2D eigenvalue weighted by Gasteiger charge is -2.13. The van der Waals surface area contributed by atoms with Crippen molar-refractivity contribution in [2.45, 2.75) is 39.2 Å². The number of benzene rings is 1. The minimum absolute atomic E-state index is 0.0337. The molecule has 1 heterocycles. The average Bonchev–Trinajstić information content (AvgIpc) is 2.97. The summed E-state index contributed by atoms with van der Waals surface area (Å²) in [7, 11) is 0. The Morgan fingerprint density at radius 2 is 1.95 bits per heavy atom. The van der Waals surface area contributed by atoms with Crippen molar-refractivity contribution in [1.29, 1.82) is 0 Å². The van der Waals surface area contributed by atoms with Crippen LogP contribution in [-0.4, -0.2) is 11.1 Å². The van der Waals surface area contributed by atoms with Gasteiger partial charge in [-0.15, -0.1) is 0 Å². The summed E-state index contributed by atoms with van der Waals surface area (Å²) in [5.41, 5.74) is 2.33. The largest absolute Gasteiger partial charge is 0.475 e. The van der Waals surface area contributed by atoms with Gasteiger partial charge in [0, 0.05) is 5.69 Å². The number of furan rings is 1. The maximum atomic E-state index is 10.8. The number of aryl methyl sites for hydroxylation is 1. The first kappa shape index (κ1) is 15.2. The highest BCUT2D eigenvalue weighted by Crippen LogP contribution is 2.22. The van der Waals surface area contributed by atoms with Crippen LogP contribution in [0.2, 0.25) is 0 Å². The van der Waals surface area contributed by atoms with Crippen LogP contribution >= 0.6 is 0 Å². The molecule has 4 nitrogen and oxygen atoms in total. The number of carboxylic acid groups (broad SMARTS) is 1. The van der Waals surface area contributed by atoms with Gasteiger partial charge in [0.05, 0.1) is 6.04 Å². The maximum Gasteiger partial charge on any atom is 0.371 e. The number of hydrogen-bond acceptors (Lipinski definition) is 3. The summed E-state index contributed by atoms with van der Waals surface area (Å²) in [5.74, 6) is -0.468. The molecular weight excluding hydrogens is 266 g/mol. The average molecular weight is 287 g/mol. The highest BCUT2D eigenvalue weighted by Gasteiger charge is 2.13. The van der Waals surface area contributed by atoms with E-state index in [1.807, 2.05) is 19.1 Å². The monoisotopic (exact) mass is 287 g/mol. The van der Waals surface area contributed by atoms with E-state index in [2.05, 4.69) is 24.4 Å². The van der Waals surface area contributed by atoms with Crippen molar-refractivity contribution in [2.24, 2.45) is 0 Å². The first-order valence-electron chi connectivity index (χ1n) is 7.28. The summed E-state index contributed by atoms with van der Waals surface area (Å²) in [6, 6.07) is 11.4. The topological polar surface area (TPSA) is 62.5 Å². The van der Waals surface area contributed by atoms with E-state index < -0.39 is 5.97 Å². The summed E-state index contributed by atoms with van der Waals surface area (Å²) in [6.45, 7) is 4.13. The molecule has 112 valence electrons. The predicted octanol–water partition coefficient (Wildman–Crippen LogP) is 4.49. The molecule has 1 unspecified atom stereocenters. The van der Waals surface area contributed by atoms with Crippen LogP contribution in [-0.2, 0) is 6.42 Å². The third-order valence-electron chi connectivity index (χ3n) is 3.42. The molecule has 0 aliphatic heterocycles. The minimum Gasteiger partial charge on any atom is -0.475 e. The third-order valence-corrected chi connectivity index (χ3v) is 3.42. The van der Waals surface area contributed by atoms with Crippen LogP contribution in [0.3, 0.4) is 0 Å². The predicted molar refractivity (Wildman–Crippen MR) is 82.8 cm³/mol. The number of carbonyl (C=O) groups is 1. The Labute approximate surface area is 124 Å². The van der Waals surface area contributed by atoms with Crippen molar-refractivity contribution in [1.82, 2.24) is 0 Å². The van der Waals surface area contributed by atoms with Gasteiger partial charge in [-0.3, -0.25) is 0 Å². The Bertz CT molecular complexity index is 586. The molecule has 0 bridgehead atoms. The van der Waals surface area contributed by atoms with E-state index in [-0.39, 0.29) is 11.8 Å². The number of unbranched alkanes of at least 4 members (excludes halogenated alkanes) is 1. The Hall–Kier alpha value is -2.23. The SMILES string of the molecule is CCCCc1ccc(NC(C)c2ccc(C(=O)O)o2)cc1. The molecule has 21 heavy (non-hydrogen) atoms. The van der Waals surface area contributed by atoms with Crippen LogP contribution in [0.5, 0.6) is 0 Å². The Balaban J connectivity index is 1.98. The number of carboxylic acids is 1. The van der Waals surface area contributed by atoms with Gasteiger partial charge in [0.2, 0.25) is 5.76 Å². The van der Waals surface area contributed by atoms with Crippen LogP contribution in [0.25, 0.3) is 0 Å². The van der Waals surface area contributed by atoms with Gasteiger partial charge in [0.1, 0.15) is 5.76 Å². The second-order valence-corrected chi connectivity index (χ2v) is 5.17. The lowest BCUT2D eigenvalue weighted by molar-refractivity contribution is 0.0660. The summed E-state index contributed by atoms with van der Waals surface area (Å²) in [5, 5.41) is 12.2. The van der Waals surface area contributed by atoms with E-state index in [1.54, 1.807) is 6.07 Å². The van der Waals surface area contributed by atoms with Gasteiger partial charge in [0.25, 0.3) is 0 Å². The highest BCUT2D eigenvalue weighted by molar-refractivity contribution is 5.84. The van der Waals surface area contributed by atoms with Crippen LogP contribution in [0.15, 0.2) is 40.8 Å². The number of hydrogen-bond donors (Lipinski definition) is 2. The van der Waals surface area contributed by atoms with Crippen molar-refractivity contribution in [3.63, 3.8) is 0 Å². The van der Waals surface area contributed by atoms with Crippen molar-refractivity contribution < 1.29 is 14.3 Å². The molecule has 0 aliphatic carbocycles. The lowest BCUT2D eigenvalue weighted by Crippen LogP contribution is -2.05. The molecular formula is C17H21NO3. The van der Waals surface area contributed by atoms with Gasteiger partial charge in [-0.25, -0.2) is 4.79 Å². The van der Waals surface area contributed by atoms with Gasteiger partial charge in [-0.1, -0.05) is 25.5 Å². The molecule has 0 aliphatic rings. The van der Waals surface area contributed by atoms with E-state index in [4.69, 9.17) is 9.52 Å².